The van der Waals surface area contributed by atoms with Crippen molar-refractivity contribution in [3.05, 3.63) is 24.3 Å². The summed E-state index contributed by atoms with van der Waals surface area (Å²) in [5.74, 6) is -0.493. The van der Waals surface area contributed by atoms with Crippen molar-refractivity contribution < 1.29 is 17.9 Å². The molecular formula is C13H20N2O4S. The molecule has 1 amide bonds. The van der Waals surface area contributed by atoms with Gasteiger partial charge >= 0.3 is 0 Å². The first-order valence-electron chi connectivity index (χ1n) is 6.20. The van der Waals surface area contributed by atoms with Gasteiger partial charge in [0.1, 0.15) is 11.5 Å². The Morgan fingerprint density at radius 1 is 1.35 bits per heavy atom. The van der Waals surface area contributed by atoms with Crippen molar-refractivity contribution in [1.82, 2.24) is 0 Å². The van der Waals surface area contributed by atoms with Crippen molar-refractivity contribution in [3.63, 3.8) is 0 Å². The van der Waals surface area contributed by atoms with Crippen molar-refractivity contribution in [2.24, 2.45) is 5.73 Å². The van der Waals surface area contributed by atoms with Gasteiger partial charge in [-0.25, -0.2) is 8.42 Å². The molecule has 1 aromatic carbocycles. The average Bonchev–Trinajstić information content (AvgIpc) is 2.37. The van der Waals surface area contributed by atoms with Gasteiger partial charge < -0.3 is 15.4 Å². The summed E-state index contributed by atoms with van der Waals surface area (Å²) < 4.78 is 27.8. The number of ether oxygens (including phenoxy) is 1. The molecule has 1 aromatic rings. The summed E-state index contributed by atoms with van der Waals surface area (Å²) >= 11 is 0. The van der Waals surface area contributed by atoms with E-state index in [1.54, 1.807) is 24.3 Å². The zero-order valence-electron chi connectivity index (χ0n) is 11.7. The lowest BCUT2D eigenvalue weighted by atomic mass is 10.2. The predicted octanol–water partition coefficient (Wildman–Crippen LogP) is 0.422. The second kappa shape index (κ2) is 7.25. The number of carbonyl (C=O) groups is 1. The van der Waals surface area contributed by atoms with Crippen LogP contribution in [0.1, 0.15) is 6.42 Å². The number of benzene rings is 1. The second-order valence-electron chi connectivity index (χ2n) is 4.43. The molecule has 0 bridgehead atoms. The molecule has 0 fully saturated rings. The first-order valence-corrected chi connectivity index (χ1v) is 8.26. The molecule has 0 spiro atoms. The number of nitrogens with two attached hydrogens (primary N) is 1. The van der Waals surface area contributed by atoms with Gasteiger partial charge in [-0.05, 0) is 25.1 Å². The van der Waals surface area contributed by atoms with Gasteiger partial charge in [-0.2, -0.15) is 0 Å². The molecule has 20 heavy (non-hydrogen) atoms. The van der Waals surface area contributed by atoms with Crippen molar-refractivity contribution in [1.29, 1.82) is 0 Å². The zero-order chi connectivity index (χ0) is 15.2. The van der Waals surface area contributed by atoms with Crippen LogP contribution in [-0.2, 0) is 14.6 Å². The lowest BCUT2D eigenvalue weighted by molar-refractivity contribution is -0.116. The highest BCUT2D eigenvalue weighted by Gasteiger charge is 2.22. The van der Waals surface area contributed by atoms with Crippen LogP contribution in [0.25, 0.3) is 0 Å². The Kier molecular flexibility index (Phi) is 5.97. The monoisotopic (exact) mass is 300 g/mol. The van der Waals surface area contributed by atoms with Crippen LogP contribution in [0.2, 0.25) is 0 Å². The molecule has 7 heteroatoms. The van der Waals surface area contributed by atoms with Crippen LogP contribution < -0.4 is 15.4 Å². The summed E-state index contributed by atoms with van der Waals surface area (Å²) in [7, 11) is -1.88. The van der Waals surface area contributed by atoms with E-state index in [4.69, 9.17) is 10.5 Å². The highest BCUT2D eigenvalue weighted by Crippen LogP contribution is 2.28. The Labute approximate surface area is 119 Å². The number of methoxy groups -OCH3 is 1. The van der Waals surface area contributed by atoms with Crippen molar-refractivity contribution >= 4 is 21.4 Å². The van der Waals surface area contributed by atoms with Gasteiger partial charge in [-0.1, -0.05) is 12.1 Å². The van der Waals surface area contributed by atoms with Gasteiger partial charge in [0, 0.05) is 12.8 Å². The zero-order valence-corrected chi connectivity index (χ0v) is 12.5. The molecule has 2 N–H and O–H groups in total. The molecule has 112 valence electrons. The minimum atomic E-state index is -3.38. The molecule has 1 rings (SSSR count). The number of hydrogen-bond acceptors (Lipinski definition) is 5. The molecule has 0 aliphatic carbocycles. The maximum absolute atomic E-state index is 12.2. The summed E-state index contributed by atoms with van der Waals surface area (Å²) in [6.07, 6.45) is 1.61. The van der Waals surface area contributed by atoms with Crippen LogP contribution in [0.5, 0.6) is 5.75 Å². The number of para-hydroxylation sites is 2. The van der Waals surface area contributed by atoms with Crippen molar-refractivity contribution in [2.45, 2.75) is 6.42 Å². The standard InChI is InChI=1S/C13H20N2O4S/c1-19-12-7-4-3-6-11(12)15(9-5-8-14)13(16)10-20(2,17)18/h3-4,6-7H,5,8-10,14H2,1-2H3. The largest absolute Gasteiger partial charge is 0.495 e. The van der Waals surface area contributed by atoms with E-state index in [0.29, 0.717) is 30.9 Å². The first-order chi connectivity index (χ1) is 9.39. The summed E-state index contributed by atoms with van der Waals surface area (Å²) in [5, 5.41) is 0. The molecule has 0 aliphatic heterocycles. The van der Waals surface area contributed by atoms with E-state index in [2.05, 4.69) is 0 Å². The normalized spacial score (nSPS) is 11.2. The van der Waals surface area contributed by atoms with E-state index in [-0.39, 0.29) is 0 Å². The van der Waals surface area contributed by atoms with E-state index >= 15 is 0 Å². The number of sulfone groups is 1. The van der Waals surface area contributed by atoms with Gasteiger partial charge in [0.25, 0.3) is 0 Å². The Bertz CT molecular complexity index is 557. The lowest BCUT2D eigenvalue weighted by Crippen LogP contribution is -2.37. The van der Waals surface area contributed by atoms with Crippen LogP contribution in [-0.4, -0.2) is 46.5 Å². The number of rotatable bonds is 7. The van der Waals surface area contributed by atoms with Gasteiger partial charge in [0.05, 0.1) is 12.8 Å². The van der Waals surface area contributed by atoms with Gasteiger partial charge in [0.2, 0.25) is 5.91 Å². The fourth-order valence-corrected chi connectivity index (χ4v) is 2.39. The Hall–Kier alpha value is -1.60. The van der Waals surface area contributed by atoms with Crippen LogP contribution in [0, 0.1) is 0 Å². The van der Waals surface area contributed by atoms with E-state index < -0.39 is 21.5 Å². The Balaban J connectivity index is 3.08. The van der Waals surface area contributed by atoms with Gasteiger partial charge in [-0.15, -0.1) is 0 Å². The third kappa shape index (κ3) is 4.82. The van der Waals surface area contributed by atoms with E-state index in [0.717, 1.165) is 6.26 Å². The van der Waals surface area contributed by atoms with Crippen LogP contribution in [0.3, 0.4) is 0 Å². The number of nitrogens with zero attached hydrogens (tertiary/aromatic N) is 1. The highest BCUT2D eigenvalue weighted by atomic mass is 32.2. The van der Waals surface area contributed by atoms with E-state index in [1.165, 1.54) is 12.0 Å². The quantitative estimate of drug-likeness (QED) is 0.788. The number of amides is 1. The van der Waals surface area contributed by atoms with Crippen LogP contribution >= 0.6 is 0 Å². The fourth-order valence-electron chi connectivity index (χ4n) is 1.78. The smallest absolute Gasteiger partial charge is 0.242 e. The molecule has 0 aromatic heterocycles. The summed E-state index contributed by atoms with van der Waals surface area (Å²) in [6, 6.07) is 6.99. The SMILES string of the molecule is COc1ccccc1N(CCCN)C(=O)CS(C)(=O)=O. The average molecular weight is 300 g/mol. The molecule has 0 atom stereocenters. The second-order valence-corrected chi connectivity index (χ2v) is 6.57. The fraction of sp³-hybridized carbons (Fsp3) is 0.462. The lowest BCUT2D eigenvalue weighted by Gasteiger charge is -2.24. The first kappa shape index (κ1) is 16.5. The van der Waals surface area contributed by atoms with Crippen LogP contribution in [0.15, 0.2) is 24.3 Å². The minimum absolute atomic E-state index is 0.352. The van der Waals surface area contributed by atoms with Gasteiger partial charge in [-0.3, -0.25) is 4.79 Å². The molecule has 0 saturated heterocycles. The molecule has 0 heterocycles. The molecule has 6 nitrogen and oxygen atoms in total. The Morgan fingerprint density at radius 3 is 2.55 bits per heavy atom. The minimum Gasteiger partial charge on any atom is -0.495 e. The third-order valence-electron chi connectivity index (χ3n) is 2.65. The summed E-state index contributed by atoms with van der Waals surface area (Å²) in [6.45, 7) is 0.767. The molecular weight excluding hydrogens is 280 g/mol. The topological polar surface area (TPSA) is 89.7 Å². The van der Waals surface area contributed by atoms with E-state index in [9.17, 15) is 13.2 Å². The molecule has 0 saturated carbocycles. The highest BCUT2D eigenvalue weighted by molar-refractivity contribution is 7.91. The maximum Gasteiger partial charge on any atom is 0.242 e. The van der Waals surface area contributed by atoms with Gasteiger partial charge in [0.15, 0.2) is 9.84 Å². The summed E-state index contributed by atoms with van der Waals surface area (Å²) in [5.41, 5.74) is 6.02. The molecule has 0 radical (unpaired) electrons. The number of hydrogen-bond donors (Lipinski definition) is 1. The van der Waals surface area contributed by atoms with Crippen molar-refractivity contribution in [2.75, 3.05) is 37.1 Å². The third-order valence-corrected chi connectivity index (χ3v) is 3.42. The summed E-state index contributed by atoms with van der Waals surface area (Å²) in [4.78, 5) is 13.6. The van der Waals surface area contributed by atoms with E-state index in [1.807, 2.05) is 0 Å². The Morgan fingerprint density at radius 2 is 2.00 bits per heavy atom. The maximum atomic E-state index is 12.2. The van der Waals surface area contributed by atoms with Crippen LogP contribution in [0.4, 0.5) is 5.69 Å². The number of anilines is 1. The van der Waals surface area contributed by atoms with Crippen molar-refractivity contribution in [3.8, 4) is 5.75 Å². The molecule has 0 aliphatic rings. The predicted molar refractivity (Wildman–Crippen MR) is 78.7 cm³/mol. The number of carbonyl (C=O) groups excluding carboxylic acids is 1. The molecule has 0 unspecified atom stereocenters.